The molecule has 84 valence electrons. The summed E-state index contributed by atoms with van der Waals surface area (Å²) in [6, 6.07) is 0. The summed E-state index contributed by atoms with van der Waals surface area (Å²) in [4.78, 5) is 24.3. The van der Waals surface area contributed by atoms with Gasteiger partial charge in [-0.1, -0.05) is 24.0 Å². The molecule has 2 amide bonds. The van der Waals surface area contributed by atoms with Crippen molar-refractivity contribution in [3.63, 3.8) is 0 Å². The molecule has 1 saturated heterocycles. The van der Waals surface area contributed by atoms with Crippen LogP contribution in [0, 0.1) is 0 Å². The van der Waals surface area contributed by atoms with Crippen LogP contribution in [0.5, 0.6) is 0 Å². The lowest BCUT2D eigenvalue weighted by molar-refractivity contribution is -0.130. The second kappa shape index (κ2) is 6.07. The summed E-state index contributed by atoms with van der Waals surface area (Å²) in [6.07, 6.45) is 0.489. The molecule has 1 fully saturated rings. The molecule has 0 aliphatic carbocycles. The maximum absolute atomic E-state index is 11.6. The number of hydrogen-bond acceptors (Lipinski definition) is 4. The van der Waals surface area contributed by atoms with E-state index in [0.29, 0.717) is 17.4 Å². The topological polar surface area (TPSA) is 49.4 Å². The first-order chi connectivity index (χ1) is 7.15. The minimum atomic E-state index is -0.0800. The maximum atomic E-state index is 11.6. The van der Waals surface area contributed by atoms with Gasteiger partial charge in [-0.2, -0.15) is 0 Å². The van der Waals surface area contributed by atoms with Crippen molar-refractivity contribution >= 4 is 40.1 Å². The molecule has 1 aliphatic heterocycles. The molecule has 6 heteroatoms. The van der Waals surface area contributed by atoms with E-state index < -0.39 is 0 Å². The number of thioether (sulfide) groups is 1. The van der Waals surface area contributed by atoms with Gasteiger partial charge in [-0.3, -0.25) is 14.5 Å². The van der Waals surface area contributed by atoms with Gasteiger partial charge in [0.05, 0.1) is 0 Å². The first-order valence-corrected chi connectivity index (χ1v) is 6.28. The molecule has 0 aromatic rings. The molecule has 15 heavy (non-hydrogen) atoms. The largest absolute Gasteiger partial charge is 0.356 e. The summed E-state index contributed by atoms with van der Waals surface area (Å²) in [5, 5.41) is 2.65. The van der Waals surface area contributed by atoms with Gasteiger partial charge in [0, 0.05) is 31.7 Å². The highest BCUT2D eigenvalue weighted by Crippen LogP contribution is 2.18. The Bertz CT molecular complexity index is 281. The van der Waals surface area contributed by atoms with Crippen LogP contribution in [0.3, 0.4) is 0 Å². The Balaban J connectivity index is 2.29. The lowest BCUT2D eigenvalue weighted by Gasteiger charge is -2.14. The van der Waals surface area contributed by atoms with Gasteiger partial charge in [0.25, 0.3) is 0 Å². The fraction of sp³-hybridized carbons (Fsp3) is 0.667. The smallest absolute Gasteiger partial charge is 0.228 e. The molecular weight excluding hydrogens is 232 g/mol. The molecule has 4 nitrogen and oxygen atoms in total. The average molecular weight is 246 g/mol. The van der Waals surface area contributed by atoms with Crippen molar-refractivity contribution in [1.29, 1.82) is 0 Å². The van der Waals surface area contributed by atoms with Crippen molar-refractivity contribution in [3.05, 3.63) is 0 Å². The van der Waals surface area contributed by atoms with Crippen LogP contribution >= 0.6 is 24.0 Å². The molecule has 0 atom stereocenters. The molecule has 1 heterocycles. The number of carbonyl (C=O) groups is 2. The quantitative estimate of drug-likeness (QED) is 0.744. The standard InChI is InChI=1S/C9H14N2O2S2/c1-2-10-7(12)3-4-8(13)11-5-6-15-9(11)14/h2-6H2,1H3,(H,10,12). The fourth-order valence-electron chi connectivity index (χ4n) is 1.26. The summed E-state index contributed by atoms with van der Waals surface area (Å²) in [5.41, 5.74) is 0. The van der Waals surface area contributed by atoms with Crippen LogP contribution < -0.4 is 5.32 Å². The van der Waals surface area contributed by atoms with E-state index in [1.807, 2.05) is 6.92 Å². The number of carbonyl (C=O) groups excluding carboxylic acids is 2. The summed E-state index contributed by atoms with van der Waals surface area (Å²) in [5.74, 6) is 0.742. The van der Waals surface area contributed by atoms with E-state index >= 15 is 0 Å². The van der Waals surface area contributed by atoms with E-state index in [1.54, 1.807) is 4.90 Å². The zero-order valence-corrected chi connectivity index (χ0v) is 10.2. The van der Waals surface area contributed by atoms with Gasteiger partial charge < -0.3 is 5.32 Å². The Morgan fingerprint density at radius 3 is 2.80 bits per heavy atom. The van der Waals surface area contributed by atoms with Gasteiger partial charge in [0.1, 0.15) is 4.32 Å². The second-order valence-electron chi connectivity index (χ2n) is 3.11. The van der Waals surface area contributed by atoms with E-state index in [4.69, 9.17) is 12.2 Å². The van der Waals surface area contributed by atoms with Gasteiger partial charge in [0.2, 0.25) is 11.8 Å². The van der Waals surface area contributed by atoms with Crippen molar-refractivity contribution in [3.8, 4) is 0 Å². The normalized spacial score (nSPS) is 15.5. The monoisotopic (exact) mass is 246 g/mol. The van der Waals surface area contributed by atoms with Gasteiger partial charge in [-0.25, -0.2) is 0 Å². The summed E-state index contributed by atoms with van der Waals surface area (Å²) >= 11 is 6.53. The highest BCUT2D eigenvalue weighted by Gasteiger charge is 2.23. The zero-order valence-electron chi connectivity index (χ0n) is 8.62. The lowest BCUT2D eigenvalue weighted by atomic mass is 10.2. The molecular formula is C9H14N2O2S2. The number of nitrogens with one attached hydrogen (secondary N) is 1. The number of rotatable bonds is 4. The highest BCUT2D eigenvalue weighted by atomic mass is 32.2. The van der Waals surface area contributed by atoms with Gasteiger partial charge >= 0.3 is 0 Å². The first kappa shape index (κ1) is 12.4. The molecule has 1 aliphatic rings. The van der Waals surface area contributed by atoms with Crippen LogP contribution in [-0.4, -0.2) is 39.9 Å². The second-order valence-corrected chi connectivity index (χ2v) is 4.84. The summed E-state index contributed by atoms with van der Waals surface area (Å²) in [6.45, 7) is 3.13. The van der Waals surface area contributed by atoms with E-state index in [2.05, 4.69) is 5.32 Å². The SMILES string of the molecule is CCNC(=O)CCC(=O)N1CCSC1=S. The maximum Gasteiger partial charge on any atom is 0.228 e. The Labute approximate surface area is 98.8 Å². The highest BCUT2D eigenvalue weighted by molar-refractivity contribution is 8.23. The van der Waals surface area contributed by atoms with Crippen LogP contribution in [-0.2, 0) is 9.59 Å². The minimum absolute atomic E-state index is 0.0451. The predicted octanol–water partition coefficient (Wildman–Crippen LogP) is 0.763. The third kappa shape index (κ3) is 3.79. The molecule has 1 N–H and O–H groups in total. The predicted molar refractivity (Wildman–Crippen MR) is 64.7 cm³/mol. The summed E-state index contributed by atoms with van der Waals surface area (Å²) in [7, 11) is 0. The molecule has 0 spiro atoms. The number of amides is 2. The Morgan fingerprint density at radius 1 is 1.53 bits per heavy atom. The number of hydrogen-bond donors (Lipinski definition) is 1. The Morgan fingerprint density at radius 2 is 2.27 bits per heavy atom. The molecule has 1 rings (SSSR count). The van der Waals surface area contributed by atoms with E-state index in [0.717, 1.165) is 5.75 Å². The lowest BCUT2D eigenvalue weighted by Crippen LogP contribution is -2.32. The van der Waals surface area contributed by atoms with Crippen molar-refractivity contribution in [2.24, 2.45) is 0 Å². The minimum Gasteiger partial charge on any atom is -0.356 e. The van der Waals surface area contributed by atoms with Crippen LogP contribution in [0.15, 0.2) is 0 Å². The van der Waals surface area contributed by atoms with E-state index in [-0.39, 0.29) is 24.7 Å². The van der Waals surface area contributed by atoms with Crippen molar-refractivity contribution in [1.82, 2.24) is 10.2 Å². The van der Waals surface area contributed by atoms with Crippen LogP contribution in [0.2, 0.25) is 0 Å². The van der Waals surface area contributed by atoms with Gasteiger partial charge in [-0.05, 0) is 6.92 Å². The van der Waals surface area contributed by atoms with E-state index in [1.165, 1.54) is 11.8 Å². The van der Waals surface area contributed by atoms with Crippen molar-refractivity contribution in [2.75, 3.05) is 18.8 Å². The van der Waals surface area contributed by atoms with Crippen LogP contribution in [0.4, 0.5) is 0 Å². The van der Waals surface area contributed by atoms with Crippen LogP contribution in [0.1, 0.15) is 19.8 Å². The van der Waals surface area contributed by atoms with Gasteiger partial charge in [0.15, 0.2) is 0 Å². The first-order valence-electron chi connectivity index (χ1n) is 4.89. The third-order valence-corrected chi connectivity index (χ3v) is 3.43. The van der Waals surface area contributed by atoms with E-state index in [9.17, 15) is 9.59 Å². The Hall–Kier alpha value is -0.620. The molecule has 0 unspecified atom stereocenters. The Kier molecular flexibility index (Phi) is 5.04. The summed E-state index contributed by atoms with van der Waals surface area (Å²) < 4.78 is 0.635. The zero-order chi connectivity index (χ0) is 11.3. The molecule has 0 aromatic heterocycles. The molecule has 0 bridgehead atoms. The number of thiocarbonyl (C=S) groups is 1. The van der Waals surface area contributed by atoms with Crippen LogP contribution in [0.25, 0.3) is 0 Å². The third-order valence-electron chi connectivity index (χ3n) is 2.00. The van der Waals surface area contributed by atoms with Crippen molar-refractivity contribution in [2.45, 2.75) is 19.8 Å². The molecule has 0 radical (unpaired) electrons. The molecule has 0 saturated carbocycles. The molecule has 0 aromatic carbocycles. The van der Waals surface area contributed by atoms with Crippen molar-refractivity contribution < 1.29 is 9.59 Å². The van der Waals surface area contributed by atoms with Gasteiger partial charge in [-0.15, -0.1) is 0 Å². The average Bonchev–Trinajstić information content (AvgIpc) is 2.61. The number of nitrogens with zero attached hydrogens (tertiary/aromatic N) is 1. The fourth-order valence-corrected chi connectivity index (χ4v) is 2.50.